The molecule has 21 heavy (non-hydrogen) atoms. The number of aryl methyl sites for hydroxylation is 1. The van der Waals surface area contributed by atoms with Gasteiger partial charge in [0.05, 0.1) is 11.5 Å². The van der Waals surface area contributed by atoms with E-state index in [-0.39, 0.29) is 24.6 Å². The van der Waals surface area contributed by atoms with Crippen LogP contribution in [0.1, 0.15) is 26.3 Å². The molecule has 1 aromatic carbocycles. The molecule has 0 aliphatic carbocycles. The van der Waals surface area contributed by atoms with Crippen LogP contribution in [0.5, 0.6) is 0 Å². The molecule has 0 aliphatic heterocycles. The fourth-order valence-electron chi connectivity index (χ4n) is 1.96. The molecule has 0 unspecified atom stereocenters. The van der Waals surface area contributed by atoms with Gasteiger partial charge >= 0.3 is 5.97 Å². The average Bonchev–Trinajstić information content (AvgIpc) is 2.44. The van der Waals surface area contributed by atoms with Gasteiger partial charge in [-0.3, -0.25) is 4.79 Å². The number of anilines is 1. The summed E-state index contributed by atoms with van der Waals surface area (Å²) in [5.41, 5.74) is 6.74. The molecule has 0 heterocycles. The number of ether oxygens (including phenoxy) is 1. The molecular formula is C14H22N2O4S. The van der Waals surface area contributed by atoms with E-state index in [1.54, 1.807) is 26.0 Å². The van der Waals surface area contributed by atoms with E-state index in [0.717, 1.165) is 4.31 Å². The highest BCUT2D eigenvalue weighted by molar-refractivity contribution is 7.89. The van der Waals surface area contributed by atoms with Gasteiger partial charge in [-0.25, -0.2) is 8.42 Å². The van der Waals surface area contributed by atoms with Crippen molar-refractivity contribution in [3.8, 4) is 0 Å². The van der Waals surface area contributed by atoms with E-state index in [1.165, 1.54) is 6.07 Å². The van der Waals surface area contributed by atoms with Gasteiger partial charge in [-0.05, 0) is 31.0 Å². The van der Waals surface area contributed by atoms with Gasteiger partial charge < -0.3 is 10.5 Å². The van der Waals surface area contributed by atoms with Crippen molar-refractivity contribution >= 4 is 21.7 Å². The predicted octanol–water partition coefficient (Wildman–Crippen LogP) is 1.40. The molecular weight excluding hydrogens is 292 g/mol. The lowest BCUT2D eigenvalue weighted by atomic mass is 10.1. The van der Waals surface area contributed by atoms with Gasteiger partial charge in [0.25, 0.3) is 0 Å². The van der Waals surface area contributed by atoms with Crippen molar-refractivity contribution in [2.45, 2.75) is 32.1 Å². The first-order valence-corrected chi connectivity index (χ1v) is 8.34. The third-order valence-corrected chi connectivity index (χ3v) is 5.06. The first kappa shape index (κ1) is 17.5. The smallest absolute Gasteiger partial charge is 0.321 e. The molecule has 0 fully saturated rings. The molecule has 0 saturated heterocycles. The Bertz CT molecular complexity index is 599. The van der Waals surface area contributed by atoms with Crippen molar-refractivity contribution in [2.24, 2.45) is 0 Å². The number of sulfonamides is 1. The van der Waals surface area contributed by atoms with Crippen molar-refractivity contribution in [2.75, 3.05) is 25.4 Å². The fraction of sp³-hybridized carbons (Fsp3) is 0.500. The normalized spacial score (nSPS) is 11.6. The third kappa shape index (κ3) is 4.18. The van der Waals surface area contributed by atoms with E-state index in [9.17, 15) is 13.2 Å². The second-order valence-electron chi connectivity index (χ2n) is 4.46. The topological polar surface area (TPSA) is 89.7 Å². The van der Waals surface area contributed by atoms with Crippen LogP contribution in [0.4, 0.5) is 5.69 Å². The monoisotopic (exact) mass is 314 g/mol. The molecule has 2 N–H and O–H groups in total. The third-order valence-electron chi connectivity index (χ3n) is 3.05. The summed E-state index contributed by atoms with van der Waals surface area (Å²) in [6.07, 6.45) is 0.561. The number of benzene rings is 1. The number of likely N-dealkylation sites (N-methyl/N-ethyl adjacent to an activating group) is 1. The Morgan fingerprint density at radius 2 is 1.95 bits per heavy atom. The molecule has 0 saturated carbocycles. The fourth-order valence-corrected chi connectivity index (χ4v) is 3.68. The van der Waals surface area contributed by atoms with Crippen LogP contribution in [0.15, 0.2) is 23.1 Å². The lowest BCUT2D eigenvalue weighted by Gasteiger charge is -2.21. The molecule has 0 bridgehead atoms. The van der Waals surface area contributed by atoms with Crippen molar-refractivity contribution in [1.29, 1.82) is 0 Å². The van der Waals surface area contributed by atoms with Crippen LogP contribution in [-0.2, 0) is 26.0 Å². The van der Waals surface area contributed by atoms with Crippen LogP contribution in [-0.4, -0.2) is 38.4 Å². The Kier molecular flexibility index (Phi) is 6.17. The van der Waals surface area contributed by atoms with Crippen molar-refractivity contribution in [3.63, 3.8) is 0 Å². The summed E-state index contributed by atoms with van der Waals surface area (Å²) in [4.78, 5) is 11.7. The Hall–Kier alpha value is -1.60. The summed E-state index contributed by atoms with van der Waals surface area (Å²) in [7, 11) is -3.78. The summed E-state index contributed by atoms with van der Waals surface area (Å²) >= 11 is 0. The predicted molar refractivity (Wildman–Crippen MR) is 81.3 cm³/mol. The zero-order chi connectivity index (χ0) is 16.0. The maximum atomic E-state index is 12.7. The molecule has 0 amide bonds. The number of hydrogen-bond acceptors (Lipinski definition) is 5. The van der Waals surface area contributed by atoms with E-state index in [2.05, 4.69) is 0 Å². The highest BCUT2D eigenvalue weighted by Crippen LogP contribution is 2.23. The van der Waals surface area contributed by atoms with Crippen molar-refractivity contribution in [3.05, 3.63) is 23.8 Å². The lowest BCUT2D eigenvalue weighted by Crippen LogP contribution is -2.36. The van der Waals surface area contributed by atoms with Gasteiger partial charge in [0, 0.05) is 12.2 Å². The number of hydrogen-bond donors (Lipinski definition) is 1. The Balaban J connectivity index is 3.18. The quantitative estimate of drug-likeness (QED) is 0.607. The minimum absolute atomic E-state index is 0.149. The molecule has 6 nitrogen and oxygen atoms in total. The molecule has 118 valence electrons. The van der Waals surface area contributed by atoms with Gasteiger partial charge in [-0.15, -0.1) is 0 Å². The largest absolute Gasteiger partial charge is 0.465 e. The van der Waals surface area contributed by atoms with Gasteiger partial charge in [0.2, 0.25) is 10.0 Å². The van der Waals surface area contributed by atoms with Crippen LogP contribution >= 0.6 is 0 Å². The molecule has 0 aromatic heterocycles. The number of nitrogens with two attached hydrogens (primary N) is 1. The molecule has 1 rings (SSSR count). The number of carbonyl (C=O) groups excluding carboxylic acids is 1. The van der Waals surface area contributed by atoms with Crippen LogP contribution in [0, 0.1) is 0 Å². The lowest BCUT2D eigenvalue weighted by molar-refractivity contribution is -0.143. The maximum absolute atomic E-state index is 12.7. The highest BCUT2D eigenvalue weighted by atomic mass is 32.2. The first-order valence-electron chi connectivity index (χ1n) is 6.90. The number of esters is 1. The second kappa shape index (κ2) is 7.42. The minimum Gasteiger partial charge on any atom is -0.465 e. The average molecular weight is 314 g/mol. The summed E-state index contributed by atoms with van der Waals surface area (Å²) in [5, 5.41) is 0. The van der Waals surface area contributed by atoms with Gasteiger partial charge in [-0.1, -0.05) is 19.9 Å². The summed E-state index contributed by atoms with van der Waals surface area (Å²) in [5.74, 6) is -0.565. The Morgan fingerprint density at radius 3 is 2.48 bits per heavy atom. The zero-order valence-electron chi connectivity index (χ0n) is 12.6. The van der Waals surface area contributed by atoms with E-state index in [1.807, 2.05) is 6.92 Å². The molecule has 0 spiro atoms. The van der Waals surface area contributed by atoms with E-state index >= 15 is 0 Å². The number of nitrogen functional groups attached to an aromatic ring is 1. The molecule has 0 radical (unpaired) electrons. The highest BCUT2D eigenvalue weighted by Gasteiger charge is 2.27. The van der Waals surface area contributed by atoms with Crippen molar-refractivity contribution in [1.82, 2.24) is 4.31 Å². The summed E-state index contributed by atoms with van der Waals surface area (Å²) in [6, 6.07) is 4.79. The van der Waals surface area contributed by atoms with Crippen LogP contribution in [0.25, 0.3) is 0 Å². The van der Waals surface area contributed by atoms with Crippen LogP contribution in [0.3, 0.4) is 0 Å². The molecule has 7 heteroatoms. The maximum Gasteiger partial charge on any atom is 0.321 e. The number of rotatable bonds is 7. The molecule has 0 atom stereocenters. The van der Waals surface area contributed by atoms with Crippen molar-refractivity contribution < 1.29 is 17.9 Å². The molecule has 0 aliphatic rings. The van der Waals surface area contributed by atoms with Gasteiger partial charge in [0.1, 0.15) is 6.54 Å². The number of carbonyl (C=O) groups is 1. The molecule has 1 aromatic rings. The zero-order valence-corrected chi connectivity index (χ0v) is 13.4. The summed E-state index contributed by atoms with van der Waals surface area (Å²) in [6.45, 7) is 5.31. The van der Waals surface area contributed by atoms with Crippen LogP contribution in [0.2, 0.25) is 0 Å². The standard InChI is InChI=1S/C14H22N2O4S/c1-4-11-7-8-12(15)9-13(11)21(18,19)16(5-2)10-14(17)20-6-3/h7-9H,4-6,10,15H2,1-3H3. The van der Waals surface area contributed by atoms with Crippen LogP contribution < -0.4 is 5.73 Å². The van der Waals surface area contributed by atoms with E-state index in [4.69, 9.17) is 10.5 Å². The van der Waals surface area contributed by atoms with E-state index < -0.39 is 16.0 Å². The Morgan fingerprint density at radius 1 is 1.29 bits per heavy atom. The number of nitrogens with zero attached hydrogens (tertiary/aromatic N) is 1. The SMILES string of the molecule is CCOC(=O)CN(CC)S(=O)(=O)c1cc(N)ccc1CC. The summed E-state index contributed by atoms with van der Waals surface area (Å²) < 4.78 is 31.3. The first-order chi connectivity index (χ1) is 9.86. The van der Waals surface area contributed by atoms with Gasteiger partial charge in [0.15, 0.2) is 0 Å². The Labute approximate surface area is 125 Å². The minimum atomic E-state index is -3.78. The van der Waals surface area contributed by atoms with Gasteiger partial charge in [-0.2, -0.15) is 4.31 Å². The second-order valence-corrected chi connectivity index (χ2v) is 6.36. The van der Waals surface area contributed by atoms with E-state index in [0.29, 0.717) is 17.7 Å².